The van der Waals surface area contributed by atoms with E-state index in [0.29, 0.717) is 12.6 Å². The van der Waals surface area contributed by atoms with Gasteiger partial charge in [0.25, 0.3) is 0 Å². The third-order valence-electron chi connectivity index (χ3n) is 4.61. The van der Waals surface area contributed by atoms with Gasteiger partial charge in [0.2, 0.25) is 0 Å². The lowest BCUT2D eigenvalue weighted by Gasteiger charge is -2.43. The number of rotatable bonds is 3. The normalized spacial score (nSPS) is 28.4. The van der Waals surface area contributed by atoms with Gasteiger partial charge in [0.15, 0.2) is 0 Å². The fourth-order valence-electron chi connectivity index (χ4n) is 3.41. The van der Waals surface area contributed by atoms with E-state index in [-0.39, 0.29) is 5.60 Å². The first-order valence-corrected chi connectivity index (χ1v) is 8.30. The number of hydrogen-bond acceptors (Lipinski definition) is 5. The third-order valence-corrected chi connectivity index (χ3v) is 4.61. The highest BCUT2D eigenvalue weighted by molar-refractivity contribution is 5.06. The van der Waals surface area contributed by atoms with Crippen LogP contribution >= 0.6 is 0 Å². The number of hydrogen-bond donors (Lipinski definition) is 0. The summed E-state index contributed by atoms with van der Waals surface area (Å²) in [4.78, 5) is 4.89. The summed E-state index contributed by atoms with van der Waals surface area (Å²) in [5.74, 6) is 2.01. The van der Waals surface area contributed by atoms with Crippen LogP contribution in [-0.2, 0) is 16.0 Å². The van der Waals surface area contributed by atoms with E-state index in [1.54, 1.807) is 0 Å². The molecular weight excluding hydrogens is 280 g/mol. The van der Waals surface area contributed by atoms with Crippen molar-refractivity contribution in [1.29, 1.82) is 0 Å². The van der Waals surface area contributed by atoms with Crippen LogP contribution in [0.4, 0.5) is 0 Å². The van der Waals surface area contributed by atoms with E-state index in [2.05, 4.69) is 29.7 Å². The van der Waals surface area contributed by atoms with Crippen molar-refractivity contribution in [2.75, 3.05) is 46.0 Å². The minimum atomic E-state index is -0.208. The molecule has 3 heterocycles. The lowest BCUT2D eigenvalue weighted by atomic mass is 10.0. The minimum Gasteiger partial charge on any atom is -0.465 e. The molecule has 2 saturated heterocycles. The Kier molecular flexibility index (Phi) is 4.88. The lowest BCUT2D eigenvalue weighted by molar-refractivity contribution is -0.145. The molecule has 1 spiro atoms. The van der Waals surface area contributed by atoms with Crippen LogP contribution in [0.15, 0.2) is 16.5 Å². The molecule has 2 aliphatic heterocycles. The van der Waals surface area contributed by atoms with E-state index >= 15 is 0 Å². The number of morpholine rings is 1. The van der Waals surface area contributed by atoms with Crippen LogP contribution in [0.5, 0.6) is 0 Å². The summed E-state index contributed by atoms with van der Waals surface area (Å²) in [6, 6.07) is 4.62. The van der Waals surface area contributed by atoms with E-state index in [0.717, 1.165) is 57.5 Å². The van der Waals surface area contributed by atoms with E-state index in [1.165, 1.54) is 0 Å². The predicted octanol–water partition coefficient (Wildman–Crippen LogP) is 1.90. The van der Waals surface area contributed by atoms with Crippen molar-refractivity contribution < 1.29 is 13.9 Å². The third kappa shape index (κ3) is 3.71. The maximum atomic E-state index is 6.20. The molecule has 124 valence electrons. The van der Waals surface area contributed by atoms with Crippen LogP contribution in [0.2, 0.25) is 0 Å². The number of ether oxygens (including phenoxy) is 2. The van der Waals surface area contributed by atoms with Crippen LogP contribution in [-0.4, -0.2) is 67.4 Å². The Hall–Kier alpha value is -0.880. The first kappa shape index (κ1) is 16.0. The van der Waals surface area contributed by atoms with Crippen LogP contribution < -0.4 is 0 Å². The van der Waals surface area contributed by atoms with Gasteiger partial charge in [-0.3, -0.25) is 9.80 Å². The average Bonchev–Trinajstić information content (AvgIpc) is 2.76. The molecule has 0 saturated carbocycles. The molecule has 2 aliphatic rings. The zero-order valence-corrected chi connectivity index (χ0v) is 14.0. The van der Waals surface area contributed by atoms with Gasteiger partial charge >= 0.3 is 0 Å². The molecular formula is C17H28N2O3. The topological polar surface area (TPSA) is 38.1 Å². The minimum absolute atomic E-state index is 0.208. The fraction of sp³-hybridized carbons (Fsp3) is 0.765. The zero-order chi connectivity index (χ0) is 15.6. The molecule has 0 amide bonds. The molecule has 0 unspecified atom stereocenters. The first-order valence-electron chi connectivity index (χ1n) is 8.30. The van der Waals surface area contributed by atoms with Gasteiger partial charge in [-0.25, -0.2) is 0 Å². The average molecular weight is 308 g/mol. The van der Waals surface area contributed by atoms with Gasteiger partial charge in [-0.2, -0.15) is 0 Å². The molecule has 1 atom stereocenters. The van der Waals surface area contributed by atoms with Crippen molar-refractivity contribution in [2.45, 2.75) is 39.0 Å². The second kappa shape index (κ2) is 6.71. The van der Waals surface area contributed by atoms with Gasteiger partial charge in [-0.05, 0) is 32.9 Å². The van der Waals surface area contributed by atoms with Gasteiger partial charge in [-0.15, -0.1) is 0 Å². The Morgan fingerprint density at radius 3 is 2.77 bits per heavy atom. The van der Waals surface area contributed by atoms with Gasteiger partial charge in [-0.1, -0.05) is 0 Å². The van der Waals surface area contributed by atoms with E-state index < -0.39 is 0 Å². The first-order chi connectivity index (χ1) is 10.6. The molecule has 22 heavy (non-hydrogen) atoms. The van der Waals surface area contributed by atoms with Crippen LogP contribution in [0, 0.1) is 6.92 Å². The molecule has 3 rings (SSSR count). The molecule has 2 fully saturated rings. The van der Waals surface area contributed by atoms with Gasteiger partial charge in [0.05, 0.1) is 26.4 Å². The van der Waals surface area contributed by atoms with Crippen LogP contribution in [0.1, 0.15) is 25.4 Å². The SMILES string of the molecule is Cc1ccc(CN2CCO[C@@]3(COCCN(C(C)C)C3)C2)o1. The highest BCUT2D eigenvalue weighted by Gasteiger charge is 2.40. The summed E-state index contributed by atoms with van der Waals surface area (Å²) >= 11 is 0. The largest absolute Gasteiger partial charge is 0.465 e. The molecule has 0 bridgehead atoms. The van der Waals surface area contributed by atoms with Gasteiger partial charge < -0.3 is 13.9 Å². The van der Waals surface area contributed by atoms with Crippen molar-refractivity contribution in [3.05, 3.63) is 23.7 Å². The highest BCUT2D eigenvalue weighted by Crippen LogP contribution is 2.25. The summed E-state index contributed by atoms with van der Waals surface area (Å²) < 4.78 is 17.8. The summed E-state index contributed by atoms with van der Waals surface area (Å²) in [6.07, 6.45) is 0. The smallest absolute Gasteiger partial charge is 0.118 e. The Morgan fingerprint density at radius 1 is 1.18 bits per heavy atom. The summed E-state index contributed by atoms with van der Waals surface area (Å²) in [7, 11) is 0. The molecule has 5 nitrogen and oxygen atoms in total. The van der Waals surface area contributed by atoms with Gasteiger partial charge in [0, 0.05) is 32.2 Å². The maximum absolute atomic E-state index is 6.20. The summed E-state index contributed by atoms with van der Waals surface area (Å²) in [6.45, 7) is 13.3. The summed E-state index contributed by atoms with van der Waals surface area (Å²) in [5.41, 5.74) is -0.208. The summed E-state index contributed by atoms with van der Waals surface area (Å²) in [5, 5.41) is 0. The Labute approximate surface area is 133 Å². The standard InChI is InChI=1S/C17H28N2O3/c1-14(2)19-7-8-20-13-17(12-19)11-18(6-9-21-17)10-16-5-4-15(3)22-16/h4-5,14H,6-13H2,1-3H3/t17-/m0/s1. The molecule has 1 aromatic heterocycles. The Morgan fingerprint density at radius 2 is 2.05 bits per heavy atom. The van der Waals surface area contributed by atoms with E-state index in [4.69, 9.17) is 13.9 Å². The molecule has 0 N–H and O–H groups in total. The monoisotopic (exact) mass is 308 g/mol. The molecule has 1 aromatic rings. The van der Waals surface area contributed by atoms with Crippen molar-refractivity contribution in [2.24, 2.45) is 0 Å². The number of aryl methyl sites for hydroxylation is 1. The van der Waals surface area contributed by atoms with E-state index in [9.17, 15) is 0 Å². The second-order valence-electron chi connectivity index (χ2n) is 6.87. The van der Waals surface area contributed by atoms with Crippen molar-refractivity contribution in [1.82, 2.24) is 9.80 Å². The maximum Gasteiger partial charge on any atom is 0.118 e. The zero-order valence-electron chi connectivity index (χ0n) is 14.0. The highest BCUT2D eigenvalue weighted by atomic mass is 16.5. The number of nitrogens with zero attached hydrogens (tertiary/aromatic N) is 2. The Bertz CT molecular complexity index is 488. The van der Waals surface area contributed by atoms with Crippen LogP contribution in [0.25, 0.3) is 0 Å². The lowest BCUT2D eigenvalue weighted by Crippen LogP contribution is -2.59. The fourth-order valence-corrected chi connectivity index (χ4v) is 3.41. The molecule has 5 heteroatoms. The van der Waals surface area contributed by atoms with Crippen molar-refractivity contribution in [3.8, 4) is 0 Å². The van der Waals surface area contributed by atoms with E-state index in [1.807, 2.05) is 13.0 Å². The Balaban J connectivity index is 1.67. The number of furan rings is 1. The molecule has 0 aromatic carbocycles. The predicted molar refractivity (Wildman–Crippen MR) is 84.9 cm³/mol. The molecule has 0 aliphatic carbocycles. The van der Waals surface area contributed by atoms with Crippen molar-refractivity contribution in [3.63, 3.8) is 0 Å². The van der Waals surface area contributed by atoms with Crippen LogP contribution in [0.3, 0.4) is 0 Å². The van der Waals surface area contributed by atoms with Crippen molar-refractivity contribution >= 4 is 0 Å². The second-order valence-corrected chi connectivity index (χ2v) is 6.87. The van der Waals surface area contributed by atoms with Gasteiger partial charge in [0.1, 0.15) is 17.1 Å². The molecule has 0 radical (unpaired) electrons. The quantitative estimate of drug-likeness (QED) is 0.853.